The third kappa shape index (κ3) is 4.01. The molecule has 1 aliphatic rings. The zero-order valence-corrected chi connectivity index (χ0v) is 16.1. The Labute approximate surface area is 164 Å². The van der Waals surface area contributed by atoms with Gasteiger partial charge >= 0.3 is 6.03 Å². The van der Waals surface area contributed by atoms with Gasteiger partial charge in [0.15, 0.2) is 5.13 Å². The molecule has 2 N–H and O–H groups in total. The van der Waals surface area contributed by atoms with Gasteiger partial charge in [-0.1, -0.05) is 12.1 Å². The van der Waals surface area contributed by atoms with E-state index in [0.29, 0.717) is 31.3 Å². The van der Waals surface area contributed by atoms with Crippen LogP contribution < -0.4 is 15.5 Å². The molecule has 0 atom stereocenters. The van der Waals surface area contributed by atoms with Gasteiger partial charge in [0.25, 0.3) is 0 Å². The highest BCUT2D eigenvalue weighted by molar-refractivity contribution is 7.14. The second-order valence-electron chi connectivity index (χ2n) is 6.02. The van der Waals surface area contributed by atoms with Crippen LogP contribution in [-0.4, -0.2) is 58.9 Å². The van der Waals surface area contributed by atoms with Crippen LogP contribution in [0.15, 0.2) is 35.8 Å². The highest BCUT2D eigenvalue weighted by Crippen LogP contribution is 2.29. The smallest absolute Gasteiger partial charge is 0.317 e. The van der Waals surface area contributed by atoms with Crippen LogP contribution in [0.3, 0.4) is 0 Å². The van der Waals surface area contributed by atoms with Crippen LogP contribution in [0, 0.1) is 0 Å². The van der Waals surface area contributed by atoms with Crippen molar-refractivity contribution in [1.29, 1.82) is 0 Å². The molecular weight excluding hydrogens is 384 g/mol. The summed E-state index contributed by atoms with van der Waals surface area (Å²) in [6.07, 6.45) is 1.61. The Morgan fingerprint density at radius 1 is 1.15 bits per heavy atom. The normalized spacial score (nSPS) is 14.4. The number of nitrogens with one attached hydrogen (secondary N) is 2. The van der Waals surface area contributed by atoms with Crippen LogP contribution in [0.25, 0.3) is 10.1 Å². The first-order valence-corrected chi connectivity index (χ1v) is 10.2. The fourth-order valence-corrected chi connectivity index (χ4v) is 4.28. The summed E-state index contributed by atoms with van der Waals surface area (Å²) in [4.78, 5) is 32.0. The summed E-state index contributed by atoms with van der Waals surface area (Å²) < 4.78 is 5.74. The highest BCUT2D eigenvalue weighted by Gasteiger charge is 2.23. The van der Waals surface area contributed by atoms with Gasteiger partial charge < -0.3 is 20.4 Å². The number of nitrogens with zero attached hydrogens (tertiary/aromatic N) is 4. The lowest BCUT2D eigenvalue weighted by Crippen LogP contribution is -2.52. The van der Waals surface area contributed by atoms with Gasteiger partial charge in [-0.15, -0.1) is 11.3 Å². The lowest BCUT2D eigenvalue weighted by molar-refractivity contribution is -0.115. The van der Waals surface area contributed by atoms with Crippen molar-refractivity contribution in [1.82, 2.24) is 19.6 Å². The topological polar surface area (TPSA) is 90.5 Å². The zero-order valence-electron chi connectivity index (χ0n) is 14.4. The summed E-state index contributed by atoms with van der Waals surface area (Å²) in [6.45, 7) is 2.53. The quantitative estimate of drug-likeness (QED) is 0.698. The molecule has 0 spiro atoms. The van der Waals surface area contributed by atoms with Crippen molar-refractivity contribution in [2.75, 3.05) is 42.9 Å². The van der Waals surface area contributed by atoms with Crippen LogP contribution in [0.4, 0.5) is 15.7 Å². The maximum absolute atomic E-state index is 12.3. The summed E-state index contributed by atoms with van der Waals surface area (Å²) in [6, 6.07) is 7.94. The van der Waals surface area contributed by atoms with E-state index in [1.165, 1.54) is 27.6 Å². The number of piperazine rings is 1. The number of benzene rings is 1. The molecule has 4 rings (SSSR count). The Bertz CT molecular complexity index is 934. The van der Waals surface area contributed by atoms with Gasteiger partial charge in [-0.3, -0.25) is 4.79 Å². The molecule has 0 unspecified atom stereocenters. The number of hydrogen-bond donors (Lipinski definition) is 2. The second kappa shape index (κ2) is 7.89. The highest BCUT2D eigenvalue weighted by atomic mass is 32.1. The molecule has 3 amide bonds. The van der Waals surface area contributed by atoms with E-state index in [2.05, 4.69) is 37.0 Å². The molecule has 0 radical (unpaired) electrons. The van der Waals surface area contributed by atoms with Crippen molar-refractivity contribution in [2.24, 2.45) is 0 Å². The monoisotopic (exact) mass is 402 g/mol. The van der Waals surface area contributed by atoms with Gasteiger partial charge in [-0.05, 0) is 23.7 Å². The lowest BCUT2D eigenvalue weighted by atomic mass is 10.2. The average molecular weight is 403 g/mol. The fraction of sp³-hybridized carbons (Fsp3) is 0.294. The molecule has 27 heavy (non-hydrogen) atoms. The third-order valence-corrected chi connectivity index (χ3v) is 5.81. The van der Waals surface area contributed by atoms with E-state index in [0.717, 1.165) is 11.2 Å². The summed E-state index contributed by atoms with van der Waals surface area (Å²) in [5.74, 6) is 0.698. The minimum absolute atomic E-state index is 0.0741. The van der Waals surface area contributed by atoms with Crippen LogP contribution in [0.2, 0.25) is 0 Å². The fourth-order valence-electron chi connectivity index (χ4n) is 2.94. The van der Waals surface area contributed by atoms with Crippen molar-refractivity contribution in [3.63, 3.8) is 0 Å². The Balaban J connectivity index is 1.27. The molecule has 1 fully saturated rings. The Morgan fingerprint density at radius 3 is 2.74 bits per heavy atom. The maximum Gasteiger partial charge on any atom is 0.317 e. The van der Waals surface area contributed by atoms with Crippen molar-refractivity contribution >= 4 is 55.8 Å². The number of rotatable bonds is 4. The summed E-state index contributed by atoms with van der Waals surface area (Å²) >= 11 is 2.83. The molecule has 140 valence electrons. The number of carbonyl (C=O) groups is 2. The SMILES string of the molecule is O=C(CNC(=O)N1CCN(c2nsc3ccccc23)CC1)Nc1nccs1. The number of anilines is 2. The van der Waals surface area contributed by atoms with Crippen molar-refractivity contribution in [2.45, 2.75) is 0 Å². The standard InChI is InChI=1S/C17H18N6O2S2/c24-14(20-16-18-5-10-26-16)11-19-17(25)23-8-6-22(7-9-23)15-12-3-1-2-4-13(12)27-21-15/h1-5,10H,6-9,11H2,(H,19,25)(H,18,20,24). The molecule has 2 aromatic heterocycles. The summed E-state index contributed by atoms with van der Waals surface area (Å²) in [7, 11) is 0. The molecule has 3 heterocycles. The molecule has 0 saturated carbocycles. The van der Waals surface area contributed by atoms with Crippen molar-refractivity contribution < 1.29 is 9.59 Å². The first kappa shape index (κ1) is 17.7. The first-order chi connectivity index (χ1) is 13.2. The van der Waals surface area contributed by atoms with Gasteiger partial charge in [0, 0.05) is 43.1 Å². The summed E-state index contributed by atoms with van der Waals surface area (Å²) in [5, 5.41) is 8.76. The lowest BCUT2D eigenvalue weighted by Gasteiger charge is -2.35. The number of amides is 3. The first-order valence-electron chi connectivity index (χ1n) is 8.52. The number of thiazole rings is 1. The van der Waals surface area contributed by atoms with Crippen molar-refractivity contribution in [3.8, 4) is 0 Å². The molecule has 1 aliphatic heterocycles. The van der Waals surface area contributed by atoms with Crippen LogP contribution in [-0.2, 0) is 4.79 Å². The average Bonchev–Trinajstić information content (AvgIpc) is 3.36. The van der Waals surface area contributed by atoms with E-state index in [9.17, 15) is 9.59 Å². The van der Waals surface area contributed by atoms with E-state index >= 15 is 0 Å². The molecular formula is C17H18N6O2S2. The molecule has 8 nitrogen and oxygen atoms in total. The van der Waals surface area contributed by atoms with E-state index in [-0.39, 0.29) is 18.5 Å². The number of aromatic nitrogens is 2. The van der Waals surface area contributed by atoms with Gasteiger partial charge in [-0.25, -0.2) is 9.78 Å². The molecule has 10 heteroatoms. The number of carbonyl (C=O) groups excluding carboxylic acids is 2. The molecule has 3 aromatic rings. The predicted molar refractivity (Wildman–Crippen MR) is 108 cm³/mol. The van der Waals surface area contributed by atoms with Crippen LogP contribution in [0.5, 0.6) is 0 Å². The van der Waals surface area contributed by atoms with Gasteiger partial charge in [0.1, 0.15) is 5.82 Å². The van der Waals surface area contributed by atoms with Crippen molar-refractivity contribution in [3.05, 3.63) is 35.8 Å². The predicted octanol–water partition coefficient (Wildman–Crippen LogP) is 2.22. The van der Waals surface area contributed by atoms with Gasteiger partial charge in [-0.2, -0.15) is 4.37 Å². The molecule has 0 aliphatic carbocycles. The second-order valence-corrected chi connectivity index (χ2v) is 7.72. The maximum atomic E-state index is 12.3. The molecule has 1 saturated heterocycles. The largest absolute Gasteiger partial charge is 0.352 e. The minimum Gasteiger partial charge on any atom is -0.352 e. The Morgan fingerprint density at radius 2 is 1.96 bits per heavy atom. The van der Waals surface area contributed by atoms with E-state index < -0.39 is 0 Å². The minimum atomic E-state index is -0.286. The number of urea groups is 1. The molecule has 1 aromatic carbocycles. The van der Waals surface area contributed by atoms with Gasteiger partial charge in [0.05, 0.1) is 11.2 Å². The molecule has 0 bridgehead atoms. The van der Waals surface area contributed by atoms with E-state index in [1.807, 2.05) is 12.1 Å². The van der Waals surface area contributed by atoms with Crippen LogP contribution >= 0.6 is 22.9 Å². The Kier molecular flexibility index (Phi) is 5.16. The Hall–Kier alpha value is -2.72. The van der Waals surface area contributed by atoms with E-state index in [1.54, 1.807) is 16.5 Å². The summed E-state index contributed by atoms with van der Waals surface area (Å²) in [5.41, 5.74) is 0. The van der Waals surface area contributed by atoms with Crippen LogP contribution in [0.1, 0.15) is 0 Å². The number of fused-ring (bicyclic) bond motifs is 1. The number of hydrogen-bond acceptors (Lipinski definition) is 7. The van der Waals surface area contributed by atoms with E-state index in [4.69, 9.17) is 0 Å². The third-order valence-electron chi connectivity index (χ3n) is 4.30. The van der Waals surface area contributed by atoms with Gasteiger partial charge in [0.2, 0.25) is 5.91 Å². The zero-order chi connectivity index (χ0) is 18.6.